The summed E-state index contributed by atoms with van der Waals surface area (Å²) < 4.78 is 211. The van der Waals surface area contributed by atoms with Gasteiger partial charge in [-0.2, -0.15) is 61.5 Å². The Morgan fingerprint density at radius 1 is 0.735 bits per heavy atom. The van der Waals surface area contributed by atoms with Crippen molar-refractivity contribution >= 4 is 5.91 Å². The van der Waals surface area contributed by atoms with E-state index in [1.165, 1.54) is 19.2 Å². The molecule has 0 spiro atoms. The SMILES string of the molecule is CC=C(CC)C(=O)NCCC(F)(F)C(F)(F)C(F)(F)C(F)(F)C(F)(F)C(F)(F)C(F)(F)C(F)F. The van der Waals surface area contributed by atoms with Crippen LogP contribution >= 0.6 is 0 Å². The standard InChI is InChI=1S/C16H15F16NO/c1-3-7(4-2)8(34)33-6-5-10(19,20)12(23,24)14(27,28)16(31,32)15(29,30)13(25,26)11(21,22)9(17)18/h3,9H,4-6H2,1-2H3,(H,33,34). The van der Waals surface area contributed by atoms with E-state index in [1.54, 1.807) is 0 Å². The molecule has 0 atom stereocenters. The molecule has 0 aromatic carbocycles. The van der Waals surface area contributed by atoms with Gasteiger partial charge >= 0.3 is 47.9 Å². The second-order valence-electron chi connectivity index (χ2n) is 6.67. The number of carbonyl (C=O) groups is 1. The summed E-state index contributed by atoms with van der Waals surface area (Å²) in [5.41, 5.74) is -0.145. The van der Waals surface area contributed by atoms with Crippen LogP contribution < -0.4 is 5.32 Å². The molecule has 1 amide bonds. The molecule has 0 aliphatic rings. The molecule has 0 aliphatic heterocycles. The molecule has 0 unspecified atom stereocenters. The van der Waals surface area contributed by atoms with Gasteiger partial charge in [-0.3, -0.25) is 4.79 Å². The maximum Gasteiger partial charge on any atom is 0.384 e. The number of rotatable bonds is 12. The molecular formula is C16H15F16NO. The van der Waals surface area contributed by atoms with Crippen LogP contribution in [-0.2, 0) is 4.79 Å². The lowest BCUT2D eigenvalue weighted by atomic mass is 9.88. The van der Waals surface area contributed by atoms with Crippen LogP contribution in [0.2, 0.25) is 0 Å². The fourth-order valence-electron chi connectivity index (χ4n) is 2.27. The van der Waals surface area contributed by atoms with Crippen molar-refractivity contribution in [3.63, 3.8) is 0 Å². The summed E-state index contributed by atoms with van der Waals surface area (Å²) in [5.74, 6) is -55.9. The van der Waals surface area contributed by atoms with Gasteiger partial charge in [-0.15, -0.1) is 0 Å². The van der Waals surface area contributed by atoms with Crippen LogP contribution in [0.15, 0.2) is 11.6 Å². The highest BCUT2D eigenvalue weighted by molar-refractivity contribution is 5.93. The zero-order valence-electron chi connectivity index (χ0n) is 16.7. The molecule has 0 radical (unpaired) electrons. The van der Waals surface area contributed by atoms with E-state index in [0.29, 0.717) is 0 Å². The Hall–Kier alpha value is -1.91. The summed E-state index contributed by atoms with van der Waals surface area (Å²) >= 11 is 0. The molecule has 0 bridgehead atoms. The fourth-order valence-corrected chi connectivity index (χ4v) is 2.27. The average molecular weight is 541 g/mol. The van der Waals surface area contributed by atoms with Gasteiger partial charge in [-0.1, -0.05) is 13.0 Å². The van der Waals surface area contributed by atoms with E-state index in [2.05, 4.69) is 0 Å². The molecule has 18 heteroatoms. The van der Waals surface area contributed by atoms with Gasteiger partial charge in [0.2, 0.25) is 5.91 Å². The molecule has 0 rings (SSSR count). The molecule has 0 aromatic heterocycles. The smallest absolute Gasteiger partial charge is 0.352 e. The third-order valence-electron chi connectivity index (χ3n) is 4.47. The summed E-state index contributed by atoms with van der Waals surface area (Å²) in [4.78, 5) is 11.5. The number of halogens is 16. The lowest BCUT2D eigenvalue weighted by molar-refractivity contribution is -0.447. The van der Waals surface area contributed by atoms with Crippen molar-refractivity contribution in [2.24, 2.45) is 0 Å². The Bertz CT molecular complexity index is 758. The van der Waals surface area contributed by atoms with Gasteiger partial charge in [0.1, 0.15) is 0 Å². The van der Waals surface area contributed by atoms with Crippen molar-refractivity contribution in [2.75, 3.05) is 6.54 Å². The van der Waals surface area contributed by atoms with Crippen molar-refractivity contribution in [2.45, 2.75) is 74.6 Å². The third kappa shape index (κ3) is 4.77. The summed E-state index contributed by atoms with van der Waals surface area (Å²) in [6.45, 7) is 0.960. The minimum atomic E-state index is -8.42. The molecule has 0 fully saturated rings. The van der Waals surface area contributed by atoms with Gasteiger partial charge in [0.05, 0.1) is 0 Å². The molecule has 2 nitrogen and oxygen atoms in total. The predicted molar refractivity (Wildman–Crippen MR) is 82.3 cm³/mol. The minimum absolute atomic E-state index is 0.0499. The Balaban J connectivity index is 6.18. The Labute approximate surface area is 180 Å². The Morgan fingerprint density at radius 2 is 1.12 bits per heavy atom. The largest absolute Gasteiger partial charge is 0.384 e. The van der Waals surface area contributed by atoms with E-state index in [9.17, 15) is 75.0 Å². The summed E-state index contributed by atoms with van der Waals surface area (Å²) in [5, 5.41) is 1.49. The monoisotopic (exact) mass is 541 g/mol. The highest BCUT2D eigenvalue weighted by Crippen LogP contribution is 2.63. The van der Waals surface area contributed by atoms with E-state index in [0.717, 1.165) is 6.08 Å². The van der Waals surface area contributed by atoms with Crippen molar-refractivity contribution in [3.8, 4) is 0 Å². The Kier molecular flexibility index (Phi) is 9.08. The van der Waals surface area contributed by atoms with E-state index in [-0.39, 0.29) is 12.0 Å². The number of allylic oxidation sites excluding steroid dienone is 1. The van der Waals surface area contributed by atoms with Gasteiger partial charge < -0.3 is 5.32 Å². The lowest BCUT2D eigenvalue weighted by Crippen LogP contribution is -2.73. The molecule has 0 aliphatic carbocycles. The van der Waals surface area contributed by atoms with Gasteiger partial charge in [-0.05, 0) is 13.3 Å². The zero-order chi connectivity index (χ0) is 27.8. The average Bonchev–Trinajstić information content (AvgIpc) is 2.67. The maximum absolute atomic E-state index is 13.7. The van der Waals surface area contributed by atoms with E-state index in [4.69, 9.17) is 0 Å². The first-order valence-corrected chi connectivity index (χ1v) is 8.71. The van der Waals surface area contributed by atoms with Crippen molar-refractivity contribution < 1.29 is 75.0 Å². The molecule has 202 valence electrons. The first-order valence-electron chi connectivity index (χ1n) is 8.71. The van der Waals surface area contributed by atoms with Gasteiger partial charge in [0.15, 0.2) is 0 Å². The van der Waals surface area contributed by atoms with Gasteiger partial charge in [-0.25, -0.2) is 8.78 Å². The number of carbonyl (C=O) groups excluding carboxylic acids is 1. The van der Waals surface area contributed by atoms with Crippen molar-refractivity contribution in [1.82, 2.24) is 5.32 Å². The fraction of sp³-hybridized carbons (Fsp3) is 0.812. The molecule has 0 aromatic rings. The van der Waals surface area contributed by atoms with Gasteiger partial charge in [0.25, 0.3) is 0 Å². The van der Waals surface area contributed by atoms with Crippen LogP contribution in [0.1, 0.15) is 26.7 Å². The molecule has 0 saturated carbocycles. The topological polar surface area (TPSA) is 29.1 Å². The second kappa shape index (κ2) is 9.62. The number of nitrogens with one attached hydrogen (secondary N) is 1. The van der Waals surface area contributed by atoms with Crippen LogP contribution in [-0.4, -0.2) is 60.3 Å². The molecular weight excluding hydrogens is 526 g/mol. The number of hydrogen-bond donors (Lipinski definition) is 1. The number of hydrogen-bond acceptors (Lipinski definition) is 1. The highest BCUT2D eigenvalue weighted by Gasteiger charge is 2.93. The third-order valence-corrected chi connectivity index (χ3v) is 4.47. The van der Waals surface area contributed by atoms with Crippen LogP contribution in [0.4, 0.5) is 70.2 Å². The zero-order valence-corrected chi connectivity index (χ0v) is 16.7. The van der Waals surface area contributed by atoms with Crippen LogP contribution in [0, 0.1) is 0 Å². The second-order valence-corrected chi connectivity index (χ2v) is 6.67. The van der Waals surface area contributed by atoms with E-state index < -0.39 is 66.8 Å². The summed E-state index contributed by atoms with van der Waals surface area (Å²) in [6.07, 6.45) is -7.47. The molecule has 0 heterocycles. The van der Waals surface area contributed by atoms with E-state index >= 15 is 0 Å². The normalized spacial score (nSPS) is 15.7. The van der Waals surface area contributed by atoms with Crippen LogP contribution in [0.25, 0.3) is 0 Å². The Morgan fingerprint density at radius 3 is 1.47 bits per heavy atom. The summed E-state index contributed by atoms with van der Waals surface area (Å²) in [6, 6.07) is 0. The summed E-state index contributed by atoms with van der Waals surface area (Å²) in [7, 11) is 0. The quantitative estimate of drug-likeness (QED) is 0.220. The molecule has 34 heavy (non-hydrogen) atoms. The lowest BCUT2D eigenvalue weighted by Gasteiger charge is -2.42. The van der Waals surface area contributed by atoms with Gasteiger partial charge in [0, 0.05) is 18.5 Å². The maximum atomic E-state index is 13.7. The first kappa shape index (κ1) is 32.1. The van der Waals surface area contributed by atoms with Crippen LogP contribution in [0.3, 0.4) is 0 Å². The van der Waals surface area contributed by atoms with E-state index in [1.807, 2.05) is 0 Å². The van der Waals surface area contributed by atoms with Crippen molar-refractivity contribution in [3.05, 3.63) is 11.6 Å². The number of amides is 1. The number of alkyl halides is 16. The predicted octanol–water partition coefficient (Wildman–Crippen LogP) is 6.56. The minimum Gasteiger partial charge on any atom is -0.352 e. The molecule has 1 N–H and O–H groups in total. The van der Waals surface area contributed by atoms with Crippen LogP contribution in [0.5, 0.6) is 0 Å². The first-order chi connectivity index (χ1) is 14.8. The highest BCUT2D eigenvalue weighted by atomic mass is 19.4. The molecule has 0 saturated heterocycles. The van der Waals surface area contributed by atoms with Crippen molar-refractivity contribution in [1.29, 1.82) is 0 Å².